The molecule has 0 spiro atoms. The highest BCUT2D eigenvalue weighted by Gasteiger charge is 2.26. The minimum absolute atomic E-state index is 0.278. The molecule has 26 heavy (non-hydrogen) atoms. The van der Waals surface area contributed by atoms with E-state index in [0.29, 0.717) is 23.5 Å². The van der Waals surface area contributed by atoms with E-state index in [2.05, 4.69) is 15.8 Å². The van der Waals surface area contributed by atoms with Gasteiger partial charge in [-0.2, -0.15) is 0 Å². The van der Waals surface area contributed by atoms with Gasteiger partial charge in [0.05, 0.1) is 11.6 Å². The molecular weight excluding hydrogens is 332 g/mol. The molecule has 3 heterocycles. The Hall–Kier alpha value is -3.35. The van der Waals surface area contributed by atoms with E-state index in [-0.39, 0.29) is 18.4 Å². The fraction of sp³-hybridized carbons (Fsp3) is 0.211. The van der Waals surface area contributed by atoms with Crippen LogP contribution in [0.5, 0.6) is 5.75 Å². The molecule has 7 nitrogen and oxygen atoms in total. The Balaban J connectivity index is 1.43. The second kappa shape index (κ2) is 6.51. The molecule has 0 fully saturated rings. The Labute approximate surface area is 150 Å². The number of nitrogens with one attached hydrogen (secondary N) is 2. The number of carbonyl (C=O) groups excluding carboxylic acids is 2. The van der Waals surface area contributed by atoms with E-state index in [4.69, 9.17) is 4.74 Å². The summed E-state index contributed by atoms with van der Waals surface area (Å²) < 4.78 is 7.32. The third-order valence-electron chi connectivity index (χ3n) is 4.47. The van der Waals surface area contributed by atoms with Crippen molar-refractivity contribution < 1.29 is 14.3 Å². The third-order valence-corrected chi connectivity index (χ3v) is 4.47. The number of amides is 2. The van der Waals surface area contributed by atoms with Crippen LogP contribution in [0.3, 0.4) is 0 Å². The van der Waals surface area contributed by atoms with E-state index in [1.165, 1.54) is 0 Å². The van der Waals surface area contributed by atoms with E-state index in [0.717, 1.165) is 11.3 Å². The van der Waals surface area contributed by atoms with E-state index >= 15 is 0 Å². The number of imidazole rings is 1. The Morgan fingerprint density at radius 3 is 2.85 bits per heavy atom. The Kier molecular flexibility index (Phi) is 4.04. The summed E-state index contributed by atoms with van der Waals surface area (Å²) in [6.45, 7) is 2.04. The quantitative estimate of drug-likeness (QED) is 0.689. The predicted octanol–water partition coefficient (Wildman–Crippen LogP) is 1.66. The number of fused-ring (bicyclic) bond motifs is 2. The first kappa shape index (κ1) is 16.1. The maximum absolute atomic E-state index is 12.5. The summed E-state index contributed by atoms with van der Waals surface area (Å²) in [5.74, 6) is -0.235. The van der Waals surface area contributed by atoms with Crippen molar-refractivity contribution in [3.63, 3.8) is 0 Å². The Morgan fingerprint density at radius 1 is 1.15 bits per heavy atom. The molecule has 4 rings (SSSR count). The Bertz CT molecular complexity index is 995. The van der Waals surface area contributed by atoms with Crippen molar-refractivity contribution in [2.75, 3.05) is 6.61 Å². The fourth-order valence-electron chi connectivity index (χ4n) is 3.16. The van der Waals surface area contributed by atoms with Crippen LogP contribution < -0.4 is 15.6 Å². The molecule has 0 radical (unpaired) electrons. The van der Waals surface area contributed by atoms with Crippen molar-refractivity contribution in [1.82, 2.24) is 20.2 Å². The van der Waals surface area contributed by atoms with Gasteiger partial charge in [0.25, 0.3) is 5.91 Å². The summed E-state index contributed by atoms with van der Waals surface area (Å²) >= 11 is 0. The van der Waals surface area contributed by atoms with Crippen LogP contribution in [0.4, 0.5) is 0 Å². The van der Waals surface area contributed by atoms with Crippen LogP contribution >= 0.6 is 0 Å². The molecule has 2 aromatic heterocycles. The van der Waals surface area contributed by atoms with Gasteiger partial charge in [-0.1, -0.05) is 24.3 Å². The van der Waals surface area contributed by atoms with Crippen molar-refractivity contribution in [2.24, 2.45) is 5.92 Å². The summed E-state index contributed by atoms with van der Waals surface area (Å²) in [6.07, 6.45) is 2.34. The normalized spacial score (nSPS) is 15.8. The molecule has 132 valence electrons. The van der Waals surface area contributed by atoms with Crippen LogP contribution in [0, 0.1) is 12.8 Å². The van der Waals surface area contributed by atoms with Crippen molar-refractivity contribution in [2.45, 2.75) is 13.3 Å². The lowest BCUT2D eigenvalue weighted by Gasteiger charge is -2.24. The molecule has 1 aromatic carbocycles. The van der Waals surface area contributed by atoms with Crippen molar-refractivity contribution in [3.8, 4) is 5.75 Å². The molecule has 0 bridgehead atoms. The van der Waals surface area contributed by atoms with E-state index in [9.17, 15) is 9.59 Å². The van der Waals surface area contributed by atoms with Gasteiger partial charge in [-0.3, -0.25) is 24.8 Å². The molecule has 0 saturated carbocycles. The van der Waals surface area contributed by atoms with Crippen molar-refractivity contribution in [1.29, 1.82) is 0 Å². The van der Waals surface area contributed by atoms with Crippen LogP contribution in [0.15, 0.2) is 48.7 Å². The fourth-order valence-corrected chi connectivity index (χ4v) is 3.16. The Morgan fingerprint density at radius 2 is 1.96 bits per heavy atom. The van der Waals surface area contributed by atoms with Gasteiger partial charge in [0, 0.05) is 6.20 Å². The van der Waals surface area contributed by atoms with Gasteiger partial charge in [-0.15, -0.1) is 0 Å². The van der Waals surface area contributed by atoms with Crippen molar-refractivity contribution >= 4 is 17.5 Å². The summed E-state index contributed by atoms with van der Waals surface area (Å²) in [7, 11) is 0. The zero-order valence-corrected chi connectivity index (χ0v) is 14.2. The van der Waals surface area contributed by atoms with E-state index in [1.54, 1.807) is 17.5 Å². The number of hydrogen-bond donors (Lipinski definition) is 2. The lowest BCUT2D eigenvalue weighted by atomic mass is 9.96. The standard InChI is InChI=1S/C19H18N4O3/c1-12-17(23-9-5-4-8-16(23)20-12)19(25)22-21-18(24)14-10-13-6-2-3-7-15(13)26-11-14/h2-9,14H,10-11H2,1H3,(H,21,24)(H,22,25). The maximum Gasteiger partial charge on any atom is 0.288 e. The van der Waals surface area contributed by atoms with Gasteiger partial charge in [0.1, 0.15) is 23.7 Å². The van der Waals surface area contributed by atoms with Crippen LogP contribution in [0.25, 0.3) is 5.65 Å². The number of carbonyl (C=O) groups is 2. The first-order chi connectivity index (χ1) is 12.6. The molecular formula is C19H18N4O3. The monoisotopic (exact) mass is 350 g/mol. The number of aromatic nitrogens is 2. The molecule has 2 amide bonds. The lowest BCUT2D eigenvalue weighted by molar-refractivity contribution is -0.127. The van der Waals surface area contributed by atoms with Crippen LogP contribution in [0.2, 0.25) is 0 Å². The summed E-state index contributed by atoms with van der Waals surface area (Å²) in [5.41, 5.74) is 7.65. The van der Waals surface area contributed by atoms with Gasteiger partial charge in [0.15, 0.2) is 0 Å². The van der Waals surface area contributed by atoms with Crippen LogP contribution in [0.1, 0.15) is 21.7 Å². The molecule has 2 N–H and O–H groups in total. The van der Waals surface area contributed by atoms with E-state index < -0.39 is 5.91 Å². The lowest BCUT2D eigenvalue weighted by Crippen LogP contribution is -2.47. The van der Waals surface area contributed by atoms with Crippen LogP contribution in [-0.4, -0.2) is 27.8 Å². The second-order valence-corrected chi connectivity index (χ2v) is 6.24. The van der Waals surface area contributed by atoms with Gasteiger partial charge in [0.2, 0.25) is 5.91 Å². The summed E-state index contributed by atoms with van der Waals surface area (Å²) in [4.78, 5) is 29.3. The highest BCUT2D eigenvalue weighted by molar-refractivity contribution is 5.96. The number of hydrazine groups is 1. The number of hydrogen-bond acceptors (Lipinski definition) is 4. The van der Waals surface area contributed by atoms with Crippen molar-refractivity contribution in [3.05, 3.63) is 65.6 Å². The first-order valence-electron chi connectivity index (χ1n) is 8.38. The van der Waals surface area contributed by atoms with Crippen LogP contribution in [-0.2, 0) is 11.2 Å². The molecule has 1 aliphatic rings. The number of benzene rings is 1. The summed E-state index contributed by atoms with van der Waals surface area (Å²) in [5, 5.41) is 0. The molecule has 1 atom stereocenters. The smallest absolute Gasteiger partial charge is 0.288 e. The molecule has 3 aromatic rings. The highest BCUT2D eigenvalue weighted by Crippen LogP contribution is 2.26. The zero-order chi connectivity index (χ0) is 18.1. The second-order valence-electron chi connectivity index (χ2n) is 6.24. The number of rotatable bonds is 2. The van der Waals surface area contributed by atoms with Gasteiger partial charge < -0.3 is 4.74 Å². The van der Waals surface area contributed by atoms with Gasteiger partial charge in [-0.05, 0) is 37.1 Å². The number of aryl methyl sites for hydroxylation is 1. The third kappa shape index (κ3) is 2.88. The van der Waals surface area contributed by atoms with E-state index in [1.807, 2.05) is 42.5 Å². The first-order valence-corrected chi connectivity index (χ1v) is 8.38. The van der Waals surface area contributed by atoms with Gasteiger partial charge >= 0.3 is 0 Å². The number of ether oxygens (including phenoxy) is 1. The number of nitrogens with zero attached hydrogens (tertiary/aromatic N) is 2. The maximum atomic E-state index is 12.5. The molecule has 1 unspecified atom stereocenters. The topological polar surface area (TPSA) is 84.7 Å². The molecule has 1 aliphatic heterocycles. The number of para-hydroxylation sites is 1. The minimum atomic E-state index is -0.410. The summed E-state index contributed by atoms with van der Waals surface area (Å²) in [6, 6.07) is 13.1. The average Bonchev–Trinajstić information content (AvgIpc) is 3.01. The molecule has 7 heteroatoms. The largest absolute Gasteiger partial charge is 0.492 e. The van der Waals surface area contributed by atoms with Gasteiger partial charge in [-0.25, -0.2) is 4.98 Å². The molecule has 0 saturated heterocycles. The highest BCUT2D eigenvalue weighted by atomic mass is 16.5. The number of pyridine rings is 1. The molecule has 0 aliphatic carbocycles. The average molecular weight is 350 g/mol. The predicted molar refractivity (Wildman–Crippen MR) is 94.7 cm³/mol. The zero-order valence-electron chi connectivity index (χ0n) is 14.2. The SMILES string of the molecule is Cc1nc2ccccn2c1C(=O)NNC(=O)C1COc2ccccc2C1. The minimum Gasteiger partial charge on any atom is -0.492 e.